The van der Waals surface area contributed by atoms with E-state index < -0.39 is 13.1 Å². The van der Waals surface area contributed by atoms with Crippen LogP contribution in [0.1, 0.15) is 19.8 Å². The average Bonchev–Trinajstić information content (AvgIpc) is 2.20. The van der Waals surface area contributed by atoms with Gasteiger partial charge >= 0.3 is 13.1 Å². The molecule has 0 saturated carbocycles. The average molecular weight is 210 g/mol. The smallest absolute Gasteiger partial charge is 0.481 e. The van der Waals surface area contributed by atoms with Crippen molar-refractivity contribution in [2.45, 2.75) is 19.8 Å². The maximum absolute atomic E-state index is 9.60. The molecular weight excluding hydrogens is 195 g/mol. The summed E-state index contributed by atoms with van der Waals surface area (Å²) in [5, 5.41) is 25.1. The summed E-state index contributed by atoms with van der Waals surface area (Å²) in [6.07, 6.45) is 1.02. The Kier molecular flexibility index (Phi) is 7.31. The lowest BCUT2D eigenvalue weighted by atomic mass is 9.81. The molecule has 0 amide bonds. The summed E-state index contributed by atoms with van der Waals surface area (Å²) in [5.41, 5.74) is 0.525. The molecule has 1 aromatic carbocycles. The third-order valence-corrected chi connectivity index (χ3v) is 1.56. The first-order chi connectivity index (χ1) is 7.07. The normalized spacial score (nSPS) is 8.73. The van der Waals surface area contributed by atoms with Gasteiger partial charge in [-0.25, -0.2) is 0 Å². The molecule has 0 aliphatic rings. The van der Waals surface area contributed by atoms with Crippen LogP contribution in [-0.4, -0.2) is 28.2 Å². The molecule has 0 aliphatic heterocycles. The van der Waals surface area contributed by atoms with Gasteiger partial charge in [0.25, 0.3) is 0 Å². The van der Waals surface area contributed by atoms with Crippen LogP contribution < -0.4 is 5.46 Å². The second kappa shape index (κ2) is 8.02. The summed E-state index contributed by atoms with van der Waals surface area (Å²) in [7, 11) is -1.34. The van der Waals surface area contributed by atoms with Crippen molar-refractivity contribution in [1.82, 2.24) is 0 Å². The maximum Gasteiger partial charge on any atom is 0.488 e. The molecule has 82 valence electrons. The lowest BCUT2D eigenvalue weighted by Gasteiger charge is -1.94. The minimum absolute atomic E-state index is 0.292. The van der Waals surface area contributed by atoms with E-state index in [4.69, 9.17) is 15.2 Å². The van der Waals surface area contributed by atoms with Gasteiger partial charge in [-0.2, -0.15) is 0 Å². The van der Waals surface area contributed by atoms with E-state index in [2.05, 4.69) is 0 Å². The van der Waals surface area contributed by atoms with Crippen molar-refractivity contribution in [3.05, 3.63) is 30.3 Å². The van der Waals surface area contributed by atoms with Gasteiger partial charge in [0.2, 0.25) is 0 Å². The maximum atomic E-state index is 9.60. The van der Waals surface area contributed by atoms with Crippen LogP contribution in [0.4, 0.5) is 0 Å². The second-order valence-corrected chi connectivity index (χ2v) is 2.93. The first-order valence-corrected chi connectivity index (χ1v) is 4.70. The van der Waals surface area contributed by atoms with Crippen molar-refractivity contribution in [3.63, 3.8) is 0 Å². The highest BCUT2D eigenvalue weighted by Crippen LogP contribution is 1.82. The van der Waals surface area contributed by atoms with Gasteiger partial charge in [0, 0.05) is 6.42 Å². The fourth-order valence-electron chi connectivity index (χ4n) is 0.839. The molecule has 15 heavy (non-hydrogen) atoms. The second-order valence-electron chi connectivity index (χ2n) is 2.93. The number of carboxylic acids is 1. The van der Waals surface area contributed by atoms with Gasteiger partial charge in [0.1, 0.15) is 0 Å². The minimum Gasteiger partial charge on any atom is -0.481 e. The lowest BCUT2D eigenvalue weighted by Crippen LogP contribution is -2.29. The van der Waals surface area contributed by atoms with Crippen molar-refractivity contribution in [2.24, 2.45) is 0 Å². The molecule has 0 bridgehead atoms. The first kappa shape index (κ1) is 13.7. The van der Waals surface area contributed by atoms with E-state index in [0.717, 1.165) is 6.42 Å². The molecule has 0 unspecified atom stereocenters. The lowest BCUT2D eigenvalue weighted by molar-refractivity contribution is -0.137. The van der Waals surface area contributed by atoms with Gasteiger partial charge in [0.15, 0.2) is 0 Å². The molecule has 1 rings (SSSR count). The Morgan fingerprint density at radius 2 is 1.80 bits per heavy atom. The number of carbonyl (C=O) groups is 1. The van der Waals surface area contributed by atoms with E-state index in [9.17, 15) is 4.79 Å². The first-order valence-electron chi connectivity index (χ1n) is 4.70. The van der Waals surface area contributed by atoms with Gasteiger partial charge in [-0.1, -0.05) is 37.3 Å². The molecule has 0 radical (unpaired) electrons. The van der Waals surface area contributed by atoms with Crippen LogP contribution in [0.2, 0.25) is 0 Å². The topological polar surface area (TPSA) is 77.8 Å². The van der Waals surface area contributed by atoms with Crippen molar-refractivity contribution < 1.29 is 19.9 Å². The van der Waals surface area contributed by atoms with Gasteiger partial charge in [-0.15, -0.1) is 0 Å². The standard InChI is InChI=1S/C6H7BO2.C4H8O2/c8-7(9)6-4-2-1-3-5-6;1-2-3-4(5)6/h1-5,8-9H;2-3H2,1H3,(H,5,6). The number of hydrogen-bond donors (Lipinski definition) is 3. The fraction of sp³-hybridized carbons (Fsp3) is 0.300. The SMILES string of the molecule is CCCC(=O)O.OB(O)c1ccccc1. The van der Waals surface area contributed by atoms with Gasteiger partial charge in [-0.05, 0) is 11.9 Å². The Morgan fingerprint density at radius 3 is 2.00 bits per heavy atom. The van der Waals surface area contributed by atoms with Crippen LogP contribution in [0, 0.1) is 0 Å². The highest BCUT2D eigenvalue weighted by molar-refractivity contribution is 6.58. The van der Waals surface area contributed by atoms with E-state index in [0.29, 0.717) is 11.9 Å². The summed E-state index contributed by atoms with van der Waals surface area (Å²) in [5.74, 6) is -0.711. The predicted octanol–water partition coefficient (Wildman–Crippen LogP) is 0.237. The summed E-state index contributed by atoms with van der Waals surface area (Å²) in [6, 6.07) is 8.66. The van der Waals surface area contributed by atoms with Crippen molar-refractivity contribution in [2.75, 3.05) is 0 Å². The van der Waals surface area contributed by atoms with E-state index in [1.165, 1.54) is 0 Å². The number of aliphatic carboxylic acids is 1. The van der Waals surface area contributed by atoms with E-state index in [-0.39, 0.29) is 0 Å². The zero-order valence-electron chi connectivity index (χ0n) is 8.63. The van der Waals surface area contributed by atoms with E-state index in [1.807, 2.05) is 13.0 Å². The molecule has 1 aromatic rings. The molecule has 4 nitrogen and oxygen atoms in total. The van der Waals surface area contributed by atoms with Gasteiger partial charge in [0.05, 0.1) is 0 Å². The van der Waals surface area contributed by atoms with Crippen molar-refractivity contribution in [3.8, 4) is 0 Å². The quantitative estimate of drug-likeness (QED) is 0.624. The molecule has 0 atom stereocenters. The fourth-order valence-corrected chi connectivity index (χ4v) is 0.839. The van der Waals surface area contributed by atoms with Crippen LogP contribution in [0.25, 0.3) is 0 Å². The molecule has 0 heterocycles. The monoisotopic (exact) mass is 210 g/mol. The molecule has 0 fully saturated rings. The molecule has 0 aromatic heterocycles. The molecule has 0 spiro atoms. The molecule has 3 N–H and O–H groups in total. The number of rotatable bonds is 3. The Morgan fingerprint density at radius 1 is 1.27 bits per heavy atom. The van der Waals surface area contributed by atoms with Gasteiger partial charge in [-0.3, -0.25) is 4.79 Å². The Labute approximate surface area is 89.3 Å². The largest absolute Gasteiger partial charge is 0.488 e. The van der Waals surface area contributed by atoms with E-state index >= 15 is 0 Å². The van der Waals surface area contributed by atoms with Crippen LogP contribution >= 0.6 is 0 Å². The predicted molar refractivity (Wildman–Crippen MR) is 58.8 cm³/mol. The Balaban J connectivity index is 0.000000288. The van der Waals surface area contributed by atoms with Crippen LogP contribution in [-0.2, 0) is 4.79 Å². The molecule has 0 saturated heterocycles. The van der Waals surface area contributed by atoms with Crippen molar-refractivity contribution in [1.29, 1.82) is 0 Å². The van der Waals surface area contributed by atoms with E-state index in [1.54, 1.807) is 24.3 Å². The summed E-state index contributed by atoms with van der Waals surface area (Å²) in [4.78, 5) is 9.60. The molecule has 5 heteroatoms. The number of hydrogen-bond acceptors (Lipinski definition) is 3. The Hall–Kier alpha value is -1.33. The highest BCUT2D eigenvalue weighted by atomic mass is 16.4. The van der Waals surface area contributed by atoms with Crippen LogP contribution in [0.3, 0.4) is 0 Å². The molecule has 0 aliphatic carbocycles. The molecular formula is C10H15BO4. The zero-order valence-corrected chi connectivity index (χ0v) is 8.63. The van der Waals surface area contributed by atoms with Gasteiger partial charge < -0.3 is 15.2 Å². The Bertz CT molecular complexity index is 274. The summed E-state index contributed by atoms with van der Waals surface area (Å²) < 4.78 is 0. The van der Waals surface area contributed by atoms with Crippen LogP contribution in [0.5, 0.6) is 0 Å². The van der Waals surface area contributed by atoms with Crippen molar-refractivity contribution >= 4 is 18.6 Å². The summed E-state index contributed by atoms with van der Waals surface area (Å²) >= 11 is 0. The number of carboxylic acid groups (broad SMARTS) is 1. The highest BCUT2D eigenvalue weighted by Gasteiger charge is 2.07. The number of benzene rings is 1. The van der Waals surface area contributed by atoms with Crippen LogP contribution in [0.15, 0.2) is 30.3 Å². The zero-order chi connectivity index (χ0) is 11.7. The summed E-state index contributed by atoms with van der Waals surface area (Å²) in [6.45, 7) is 1.84. The third-order valence-electron chi connectivity index (χ3n) is 1.56. The minimum atomic E-state index is -1.34. The third kappa shape index (κ3) is 7.72.